The standard InChI is InChI=1S/C46H31N3S/c1-3-13-31(14-4-1)40-29-41(48-46(47-40)33-15-5-2-6-16-33)32-25-23-30(24-26-32)38-27-34(28-39-37-19-9-12-22-44(37)50-45(38)39)49-42-20-10-7-17-35(42)36-18-8-11-21-43(36)49/h1-25,27-29,32H,26H2. The van der Waals surface area contributed by atoms with Crippen LogP contribution in [0, 0.1) is 0 Å². The first-order valence-corrected chi connectivity index (χ1v) is 17.9. The van der Waals surface area contributed by atoms with Crippen LogP contribution < -0.4 is 0 Å². The summed E-state index contributed by atoms with van der Waals surface area (Å²) in [7, 11) is 0. The highest BCUT2D eigenvalue weighted by atomic mass is 32.1. The summed E-state index contributed by atoms with van der Waals surface area (Å²) in [4.78, 5) is 10.2. The van der Waals surface area contributed by atoms with Crippen LogP contribution in [-0.4, -0.2) is 14.5 Å². The van der Waals surface area contributed by atoms with E-state index in [0.29, 0.717) is 0 Å². The molecule has 0 N–H and O–H groups in total. The van der Waals surface area contributed by atoms with E-state index < -0.39 is 0 Å². The number of rotatable bonds is 5. The summed E-state index contributed by atoms with van der Waals surface area (Å²) in [6.07, 6.45) is 7.92. The maximum absolute atomic E-state index is 5.14. The van der Waals surface area contributed by atoms with Gasteiger partial charge in [0.15, 0.2) is 5.82 Å². The molecule has 3 nitrogen and oxygen atoms in total. The highest BCUT2D eigenvalue weighted by Crippen LogP contribution is 2.43. The molecule has 6 aromatic carbocycles. The zero-order valence-corrected chi connectivity index (χ0v) is 28.0. The number of hydrogen-bond donors (Lipinski definition) is 0. The predicted octanol–water partition coefficient (Wildman–Crippen LogP) is 12.4. The van der Waals surface area contributed by atoms with Crippen molar-refractivity contribution in [1.29, 1.82) is 0 Å². The lowest BCUT2D eigenvalue weighted by Gasteiger charge is -2.19. The van der Waals surface area contributed by atoms with Gasteiger partial charge in [-0.15, -0.1) is 11.3 Å². The average molecular weight is 658 g/mol. The van der Waals surface area contributed by atoms with Crippen molar-refractivity contribution in [1.82, 2.24) is 14.5 Å². The molecule has 0 fully saturated rings. The van der Waals surface area contributed by atoms with E-state index in [2.05, 4.69) is 150 Å². The Morgan fingerprint density at radius 2 is 1.22 bits per heavy atom. The Labute approximate surface area is 294 Å². The topological polar surface area (TPSA) is 30.7 Å². The lowest BCUT2D eigenvalue weighted by Crippen LogP contribution is -2.05. The fraction of sp³-hybridized carbons (Fsp3) is 0.0435. The molecule has 1 aliphatic carbocycles. The Balaban J connectivity index is 1.11. The number of allylic oxidation sites excluding steroid dienone is 4. The summed E-state index contributed by atoms with van der Waals surface area (Å²) in [6.45, 7) is 0. The molecule has 0 amide bonds. The smallest absolute Gasteiger partial charge is 0.160 e. The first kappa shape index (κ1) is 28.9. The van der Waals surface area contributed by atoms with Crippen LogP contribution in [0.4, 0.5) is 0 Å². The van der Waals surface area contributed by atoms with E-state index in [-0.39, 0.29) is 5.92 Å². The lowest BCUT2D eigenvalue weighted by molar-refractivity contribution is 0.814. The molecule has 4 heteroatoms. The molecule has 3 aromatic heterocycles. The van der Waals surface area contributed by atoms with Gasteiger partial charge in [-0.05, 0) is 48.4 Å². The second-order valence-electron chi connectivity index (χ2n) is 12.9. The number of benzene rings is 6. The molecule has 1 aliphatic rings. The fourth-order valence-corrected chi connectivity index (χ4v) is 8.74. The molecule has 0 spiro atoms. The van der Waals surface area contributed by atoms with Gasteiger partial charge in [0.2, 0.25) is 0 Å². The Morgan fingerprint density at radius 1 is 0.580 bits per heavy atom. The SMILES string of the molecule is C1=CC(c2cc(-c3ccccc3)nc(-c3ccccc3)n2)CC=C1c1cc(-n2c3ccccc3c3ccccc32)cc2c1sc1ccccc12. The van der Waals surface area contributed by atoms with Gasteiger partial charge in [0.1, 0.15) is 0 Å². The average Bonchev–Trinajstić information content (AvgIpc) is 3.74. The fourth-order valence-electron chi connectivity index (χ4n) is 7.52. The summed E-state index contributed by atoms with van der Waals surface area (Å²) < 4.78 is 5.07. The normalized spacial score (nSPS) is 14.6. The number of para-hydroxylation sites is 2. The predicted molar refractivity (Wildman–Crippen MR) is 211 cm³/mol. The summed E-state index contributed by atoms with van der Waals surface area (Å²) in [5.41, 5.74) is 10.3. The number of hydrogen-bond acceptors (Lipinski definition) is 3. The molecule has 10 rings (SSSR count). The zero-order chi connectivity index (χ0) is 33.0. The molecule has 236 valence electrons. The van der Waals surface area contributed by atoms with Crippen LogP contribution in [-0.2, 0) is 0 Å². The molecule has 0 saturated heterocycles. The molecule has 0 aliphatic heterocycles. The van der Waals surface area contributed by atoms with Crippen molar-refractivity contribution in [3.63, 3.8) is 0 Å². The van der Waals surface area contributed by atoms with E-state index >= 15 is 0 Å². The largest absolute Gasteiger partial charge is 0.309 e. The molecule has 0 radical (unpaired) electrons. The maximum Gasteiger partial charge on any atom is 0.160 e. The van der Waals surface area contributed by atoms with Crippen LogP contribution >= 0.6 is 11.3 Å². The van der Waals surface area contributed by atoms with E-state index in [0.717, 1.165) is 34.8 Å². The molecule has 1 unspecified atom stereocenters. The molecule has 0 bridgehead atoms. The summed E-state index contributed by atoms with van der Waals surface area (Å²) >= 11 is 1.89. The van der Waals surface area contributed by atoms with Crippen LogP contribution in [0.3, 0.4) is 0 Å². The number of thiophene rings is 1. The third kappa shape index (κ3) is 4.80. The molecule has 50 heavy (non-hydrogen) atoms. The minimum Gasteiger partial charge on any atom is -0.309 e. The van der Waals surface area contributed by atoms with Crippen molar-refractivity contribution < 1.29 is 0 Å². The van der Waals surface area contributed by atoms with E-state index in [1.807, 2.05) is 35.6 Å². The summed E-state index contributed by atoms with van der Waals surface area (Å²) in [5.74, 6) is 0.904. The van der Waals surface area contributed by atoms with Crippen molar-refractivity contribution in [2.24, 2.45) is 0 Å². The molecule has 3 heterocycles. The summed E-state index contributed by atoms with van der Waals surface area (Å²) in [6, 6.07) is 54.0. The second kappa shape index (κ2) is 11.8. The third-order valence-electron chi connectivity index (χ3n) is 9.94. The van der Waals surface area contributed by atoms with Gasteiger partial charge in [-0.3, -0.25) is 0 Å². The van der Waals surface area contributed by atoms with Gasteiger partial charge in [-0.2, -0.15) is 0 Å². The van der Waals surface area contributed by atoms with Gasteiger partial charge in [-0.1, -0.05) is 133 Å². The molecule has 9 aromatic rings. The van der Waals surface area contributed by atoms with Crippen LogP contribution in [0.5, 0.6) is 0 Å². The molecule has 0 saturated carbocycles. The van der Waals surface area contributed by atoms with Gasteiger partial charge in [0, 0.05) is 59.2 Å². The third-order valence-corrected chi connectivity index (χ3v) is 11.2. The first-order valence-electron chi connectivity index (χ1n) is 17.1. The van der Waals surface area contributed by atoms with E-state index in [1.54, 1.807) is 0 Å². The summed E-state index contributed by atoms with van der Waals surface area (Å²) in [5, 5.41) is 5.15. The molecule has 1 atom stereocenters. The Hall–Kier alpha value is -6.10. The lowest BCUT2D eigenvalue weighted by atomic mass is 9.89. The first-order chi connectivity index (χ1) is 24.8. The molecular weight excluding hydrogens is 627 g/mol. The quantitative estimate of drug-likeness (QED) is 0.184. The maximum atomic E-state index is 5.14. The van der Waals surface area contributed by atoms with Gasteiger partial charge in [0.25, 0.3) is 0 Å². The van der Waals surface area contributed by atoms with Crippen molar-refractivity contribution in [2.75, 3.05) is 0 Å². The second-order valence-corrected chi connectivity index (χ2v) is 14.0. The van der Waals surface area contributed by atoms with Crippen molar-refractivity contribution >= 4 is 58.9 Å². The number of nitrogens with zero attached hydrogens (tertiary/aromatic N) is 3. The van der Waals surface area contributed by atoms with E-state index in [1.165, 1.54) is 58.8 Å². The van der Waals surface area contributed by atoms with Crippen molar-refractivity contribution in [3.8, 4) is 28.3 Å². The highest BCUT2D eigenvalue weighted by molar-refractivity contribution is 7.26. The monoisotopic (exact) mass is 657 g/mol. The van der Waals surface area contributed by atoms with Crippen LogP contribution in [0.25, 0.3) is 75.9 Å². The van der Waals surface area contributed by atoms with E-state index in [9.17, 15) is 0 Å². The van der Waals surface area contributed by atoms with Gasteiger partial charge in [0.05, 0.1) is 22.4 Å². The van der Waals surface area contributed by atoms with Gasteiger partial charge < -0.3 is 4.57 Å². The minimum atomic E-state index is 0.144. The number of fused-ring (bicyclic) bond motifs is 6. The van der Waals surface area contributed by atoms with Crippen molar-refractivity contribution in [2.45, 2.75) is 12.3 Å². The zero-order valence-electron chi connectivity index (χ0n) is 27.2. The Morgan fingerprint density at radius 3 is 1.92 bits per heavy atom. The Kier molecular flexibility index (Phi) is 6.81. The van der Waals surface area contributed by atoms with Gasteiger partial charge >= 0.3 is 0 Å². The van der Waals surface area contributed by atoms with Crippen LogP contribution in [0.1, 0.15) is 23.6 Å². The van der Waals surface area contributed by atoms with Gasteiger partial charge in [-0.25, -0.2) is 9.97 Å². The molecular formula is C46H31N3S. The minimum absolute atomic E-state index is 0.144. The van der Waals surface area contributed by atoms with Crippen molar-refractivity contribution in [3.05, 3.63) is 181 Å². The Bertz CT molecular complexity index is 2680. The van der Waals surface area contributed by atoms with Crippen LogP contribution in [0.2, 0.25) is 0 Å². The number of aromatic nitrogens is 3. The highest BCUT2D eigenvalue weighted by Gasteiger charge is 2.21. The van der Waals surface area contributed by atoms with E-state index in [4.69, 9.17) is 9.97 Å². The van der Waals surface area contributed by atoms with Crippen LogP contribution in [0.15, 0.2) is 170 Å².